The molecule has 0 rings (SSSR count). The molecule has 10 heavy (non-hydrogen) atoms. The first-order valence-electron chi connectivity index (χ1n) is 2.83. The predicted molar refractivity (Wildman–Crippen MR) is 30.3 cm³/mol. The van der Waals surface area contributed by atoms with Crippen LogP contribution < -0.4 is 5.73 Å². The molecule has 0 aromatic heterocycles. The minimum atomic E-state index is -4.58. The highest BCUT2D eigenvalue weighted by Crippen LogP contribution is 2.19. The van der Waals surface area contributed by atoms with E-state index in [4.69, 9.17) is 5.73 Å². The first-order chi connectivity index (χ1) is 4.33. The van der Waals surface area contributed by atoms with Gasteiger partial charge in [-0.3, -0.25) is 4.74 Å². The summed E-state index contributed by atoms with van der Waals surface area (Å²) in [5.41, 5.74) is 5.12. The molecule has 0 radical (unpaired) electrons. The van der Waals surface area contributed by atoms with Crippen LogP contribution in [0.25, 0.3) is 0 Å². The third-order valence-electron chi connectivity index (χ3n) is 1.06. The summed E-state index contributed by atoms with van der Waals surface area (Å²) in [5, 5.41) is 0. The molecule has 0 aliphatic heterocycles. The van der Waals surface area contributed by atoms with Gasteiger partial charge in [0.2, 0.25) is 0 Å². The number of hydrogen-bond acceptors (Lipinski definition) is 2. The molecule has 0 fully saturated rings. The molecule has 0 saturated heterocycles. The summed E-state index contributed by atoms with van der Waals surface area (Å²) in [7, 11) is 0. The van der Waals surface area contributed by atoms with Crippen molar-refractivity contribution in [3.63, 3.8) is 0 Å². The van der Waals surface area contributed by atoms with Crippen molar-refractivity contribution in [2.75, 3.05) is 0 Å². The molecule has 2 atom stereocenters. The van der Waals surface area contributed by atoms with Crippen molar-refractivity contribution < 1.29 is 17.9 Å². The Morgan fingerprint density at radius 2 is 1.70 bits per heavy atom. The smallest absolute Gasteiger partial charge is 0.326 e. The number of hydrogen-bond donors (Lipinski definition) is 1. The van der Waals surface area contributed by atoms with Crippen LogP contribution in [0.4, 0.5) is 13.2 Å². The van der Waals surface area contributed by atoms with Gasteiger partial charge in [0.1, 0.15) is 0 Å². The van der Waals surface area contributed by atoms with Crippen LogP contribution >= 0.6 is 0 Å². The van der Waals surface area contributed by atoms with Crippen molar-refractivity contribution in [3.05, 3.63) is 0 Å². The van der Waals surface area contributed by atoms with Crippen molar-refractivity contribution in [2.45, 2.75) is 32.4 Å². The van der Waals surface area contributed by atoms with E-state index < -0.39 is 18.5 Å². The van der Waals surface area contributed by atoms with E-state index in [-0.39, 0.29) is 0 Å². The van der Waals surface area contributed by atoms with Gasteiger partial charge in [-0.15, -0.1) is 13.2 Å². The van der Waals surface area contributed by atoms with Crippen molar-refractivity contribution in [1.29, 1.82) is 0 Å². The molecule has 2 nitrogen and oxygen atoms in total. The molecule has 0 aliphatic rings. The lowest BCUT2D eigenvalue weighted by atomic mass is 10.2. The number of halogens is 3. The summed E-state index contributed by atoms with van der Waals surface area (Å²) in [6.45, 7) is 2.73. The highest BCUT2D eigenvalue weighted by atomic mass is 19.4. The van der Waals surface area contributed by atoms with E-state index in [1.54, 1.807) is 0 Å². The predicted octanol–water partition coefficient (Wildman–Crippen LogP) is 1.26. The Balaban J connectivity index is 3.68. The van der Waals surface area contributed by atoms with Gasteiger partial charge < -0.3 is 5.73 Å². The first-order valence-corrected chi connectivity index (χ1v) is 2.83. The molecular formula is C5H10F3NO. The molecule has 0 heterocycles. The molecule has 0 aromatic rings. The maximum absolute atomic E-state index is 11.4. The summed E-state index contributed by atoms with van der Waals surface area (Å²) in [4.78, 5) is 0. The quantitative estimate of drug-likeness (QED) is 0.654. The molecule has 5 heteroatoms. The molecule has 0 saturated carbocycles. The Morgan fingerprint density at radius 1 is 1.30 bits per heavy atom. The standard InChI is InChI=1S/C5H10F3NO/c1-3(9)4(2)10-5(6,7)8/h3-4H,9H2,1-2H3/t3-,4?/m0/s1. The van der Waals surface area contributed by atoms with Crippen LogP contribution in [-0.4, -0.2) is 18.5 Å². The zero-order valence-electron chi connectivity index (χ0n) is 5.77. The zero-order valence-corrected chi connectivity index (χ0v) is 5.77. The van der Waals surface area contributed by atoms with Gasteiger partial charge in [-0.2, -0.15) is 0 Å². The van der Waals surface area contributed by atoms with Crippen LogP contribution in [0.15, 0.2) is 0 Å². The van der Waals surface area contributed by atoms with E-state index in [1.165, 1.54) is 13.8 Å². The molecule has 0 spiro atoms. The fourth-order valence-electron chi connectivity index (χ4n) is 0.318. The normalized spacial score (nSPS) is 18.6. The molecule has 0 aliphatic carbocycles. The third-order valence-corrected chi connectivity index (χ3v) is 1.06. The lowest BCUT2D eigenvalue weighted by molar-refractivity contribution is -0.341. The minimum Gasteiger partial charge on any atom is -0.326 e. The van der Waals surface area contributed by atoms with Gasteiger partial charge in [-0.1, -0.05) is 0 Å². The largest absolute Gasteiger partial charge is 0.522 e. The van der Waals surface area contributed by atoms with E-state index in [2.05, 4.69) is 4.74 Å². The van der Waals surface area contributed by atoms with Gasteiger partial charge in [0, 0.05) is 6.04 Å². The van der Waals surface area contributed by atoms with Crippen LogP contribution in [0, 0.1) is 0 Å². The Kier molecular flexibility index (Phi) is 3.11. The molecule has 62 valence electrons. The Hall–Kier alpha value is -0.290. The van der Waals surface area contributed by atoms with E-state index in [0.29, 0.717) is 0 Å². The molecule has 0 aromatic carbocycles. The Morgan fingerprint density at radius 3 is 1.80 bits per heavy atom. The van der Waals surface area contributed by atoms with Crippen LogP contribution in [0.3, 0.4) is 0 Å². The maximum Gasteiger partial charge on any atom is 0.522 e. The van der Waals surface area contributed by atoms with Gasteiger partial charge in [-0.05, 0) is 13.8 Å². The molecule has 1 unspecified atom stereocenters. The van der Waals surface area contributed by atoms with Crippen LogP contribution in [-0.2, 0) is 4.74 Å². The first kappa shape index (κ1) is 9.71. The third kappa shape index (κ3) is 4.58. The Labute approximate surface area is 57.1 Å². The fraction of sp³-hybridized carbons (Fsp3) is 1.00. The monoisotopic (exact) mass is 157 g/mol. The van der Waals surface area contributed by atoms with E-state index >= 15 is 0 Å². The minimum absolute atomic E-state index is 0.610. The van der Waals surface area contributed by atoms with Gasteiger partial charge in [0.15, 0.2) is 0 Å². The van der Waals surface area contributed by atoms with Crippen molar-refractivity contribution in [3.8, 4) is 0 Å². The summed E-state index contributed by atoms with van der Waals surface area (Å²) in [6, 6.07) is -0.610. The molecule has 0 amide bonds. The fourth-order valence-corrected chi connectivity index (χ4v) is 0.318. The Bertz CT molecular complexity index is 102. The van der Waals surface area contributed by atoms with Gasteiger partial charge in [0.25, 0.3) is 0 Å². The number of ether oxygens (including phenoxy) is 1. The van der Waals surface area contributed by atoms with Crippen LogP contribution in [0.2, 0.25) is 0 Å². The molecule has 0 bridgehead atoms. The maximum atomic E-state index is 11.4. The SMILES string of the molecule is CC(OC(F)(F)F)[C@H](C)N. The van der Waals surface area contributed by atoms with E-state index in [0.717, 1.165) is 0 Å². The average Bonchev–Trinajstić information content (AvgIpc) is 1.60. The summed E-state index contributed by atoms with van der Waals surface area (Å²) in [5.74, 6) is 0. The number of nitrogens with two attached hydrogens (primary N) is 1. The van der Waals surface area contributed by atoms with Gasteiger partial charge in [0.05, 0.1) is 6.10 Å². The highest BCUT2D eigenvalue weighted by molar-refractivity contribution is 4.62. The number of rotatable bonds is 2. The summed E-state index contributed by atoms with van der Waals surface area (Å²) in [6.07, 6.45) is -5.56. The second-order valence-electron chi connectivity index (χ2n) is 2.13. The second-order valence-corrected chi connectivity index (χ2v) is 2.13. The van der Waals surface area contributed by atoms with Crippen LogP contribution in [0.5, 0.6) is 0 Å². The molecular weight excluding hydrogens is 147 g/mol. The lowest BCUT2D eigenvalue weighted by Crippen LogP contribution is -2.35. The van der Waals surface area contributed by atoms with Crippen LogP contribution in [0.1, 0.15) is 13.8 Å². The second kappa shape index (κ2) is 3.21. The lowest BCUT2D eigenvalue weighted by Gasteiger charge is -2.17. The molecule has 2 N–H and O–H groups in total. The highest BCUT2D eigenvalue weighted by Gasteiger charge is 2.32. The van der Waals surface area contributed by atoms with Crippen molar-refractivity contribution >= 4 is 0 Å². The topological polar surface area (TPSA) is 35.2 Å². The number of alkyl halides is 3. The van der Waals surface area contributed by atoms with Gasteiger partial charge in [-0.25, -0.2) is 0 Å². The van der Waals surface area contributed by atoms with E-state index in [1.807, 2.05) is 0 Å². The summed E-state index contributed by atoms with van der Waals surface area (Å²) >= 11 is 0. The van der Waals surface area contributed by atoms with Gasteiger partial charge >= 0.3 is 6.36 Å². The zero-order chi connectivity index (χ0) is 8.36. The average molecular weight is 157 g/mol. The summed E-state index contributed by atoms with van der Waals surface area (Å²) < 4.78 is 37.7. The van der Waals surface area contributed by atoms with Crippen molar-refractivity contribution in [2.24, 2.45) is 5.73 Å². The van der Waals surface area contributed by atoms with E-state index in [9.17, 15) is 13.2 Å². The van der Waals surface area contributed by atoms with Crippen molar-refractivity contribution in [1.82, 2.24) is 0 Å².